The molecule has 0 atom stereocenters. The van der Waals surface area contributed by atoms with E-state index in [1.165, 1.54) is 0 Å². The van der Waals surface area contributed by atoms with Gasteiger partial charge in [-0.1, -0.05) is 77.1 Å². The van der Waals surface area contributed by atoms with Gasteiger partial charge >= 0.3 is 0 Å². The molecule has 0 unspecified atom stereocenters. The second-order valence-corrected chi connectivity index (χ2v) is 9.02. The maximum Gasteiger partial charge on any atom is 0.0588 e. The van der Waals surface area contributed by atoms with Crippen LogP contribution >= 0.6 is 0 Å². The highest BCUT2D eigenvalue weighted by molar-refractivity contribution is 6.55. The molecular formula is C15H26Si. The summed E-state index contributed by atoms with van der Waals surface area (Å²) >= 11 is 0. The Morgan fingerprint density at radius 2 is 1.25 bits per heavy atom. The summed E-state index contributed by atoms with van der Waals surface area (Å²) in [5, 5.41) is 1.59. The average molecular weight is 234 g/mol. The Labute approximate surface area is 103 Å². The minimum atomic E-state index is -0.206. The topological polar surface area (TPSA) is 0 Å². The Balaban J connectivity index is 2.89. The van der Waals surface area contributed by atoms with Crippen LogP contribution in [0.2, 0.25) is 5.54 Å². The lowest BCUT2D eigenvalue weighted by atomic mass is 9.77. The third-order valence-electron chi connectivity index (χ3n) is 3.37. The second kappa shape index (κ2) is 4.75. The molecule has 1 rings (SSSR count). The van der Waals surface area contributed by atoms with E-state index >= 15 is 0 Å². The molecule has 0 saturated carbocycles. The summed E-state index contributed by atoms with van der Waals surface area (Å²) in [6.45, 7) is 14.3. The van der Waals surface area contributed by atoms with Gasteiger partial charge < -0.3 is 0 Å². The summed E-state index contributed by atoms with van der Waals surface area (Å²) in [4.78, 5) is 0. The normalized spacial score (nSPS) is 13.9. The van der Waals surface area contributed by atoms with Gasteiger partial charge in [-0.25, -0.2) is 0 Å². The van der Waals surface area contributed by atoms with Crippen molar-refractivity contribution >= 4 is 14.7 Å². The van der Waals surface area contributed by atoms with Crippen LogP contribution in [0.3, 0.4) is 0 Å². The molecule has 0 spiro atoms. The molecule has 0 aliphatic heterocycles. The fourth-order valence-electron chi connectivity index (χ4n) is 2.76. The molecule has 0 nitrogen and oxygen atoms in total. The summed E-state index contributed by atoms with van der Waals surface area (Å²) in [6, 6.07) is 11.1. The van der Waals surface area contributed by atoms with E-state index in [0.717, 1.165) is 5.54 Å². The van der Waals surface area contributed by atoms with E-state index in [0.29, 0.717) is 10.8 Å². The molecule has 0 amide bonds. The van der Waals surface area contributed by atoms with E-state index in [1.807, 2.05) is 0 Å². The van der Waals surface area contributed by atoms with Gasteiger partial charge in [-0.15, -0.1) is 0 Å². The van der Waals surface area contributed by atoms with Crippen molar-refractivity contribution < 1.29 is 0 Å². The molecule has 0 aliphatic rings. The Morgan fingerprint density at radius 1 is 0.812 bits per heavy atom. The number of benzene rings is 1. The predicted molar refractivity (Wildman–Crippen MR) is 77.3 cm³/mol. The lowest BCUT2D eigenvalue weighted by Gasteiger charge is -2.41. The Kier molecular flexibility index (Phi) is 4.00. The third kappa shape index (κ3) is 3.78. The van der Waals surface area contributed by atoms with Crippen molar-refractivity contribution in [2.75, 3.05) is 0 Å². The smallest absolute Gasteiger partial charge is 0.0588 e. The van der Waals surface area contributed by atoms with Crippen LogP contribution in [0.5, 0.6) is 0 Å². The molecule has 1 aromatic carbocycles. The van der Waals surface area contributed by atoms with Gasteiger partial charge in [-0.05, 0) is 16.4 Å². The van der Waals surface area contributed by atoms with Crippen molar-refractivity contribution in [1.82, 2.24) is 0 Å². The van der Waals surface area contributed by atoms with Crippen molar-refractivity contribution in [2.24, 2.45) is 10.8 Å². The van der Waals surface area contributed by atoms with Crippen LogP contribution in [0.25, 0.3) is 0 Å². The van der Waals surface area contributed by atoms with Crippen molar-refractivity contribution in [3.8, 4) is 0 Å². The van der Waals surface area contributed by atoms with Crippen LogP contribution in [0.15, 0.2) is 30.3 Å². The van der Waals surface area contributed by atoms with Crippen LogP contribution < -0.4 is 5.19 Å². The van der Waals surface area contributed by atoms with Gasteiger partial charge in [0.2, 0.25) is 0 Å². The number of hydrogen-bond donors (Lipinski definition) is 0. The number of rotatable bonds is 2. The van der Waals surface area contributed by atoms with Crippen molar-refractivity contribution in [2.45, 2.75) is 47.1 Å². The van der Waals surface area contributed by atoms with E-state index in [9.17, 15) is 0 Å². The maximum absolute atomic E-state index is 2.39. The molecule has 0 fully saturated rings. The summed E-state index contributed by atoms with van der Waals surface area (Å²) in [7, 11) is -0.206. The number of hydrogen-bond acceptors (Lipinski definition) is 0. The van der Waals surface area contributed by atoms with E-state index in [4.69, 9.17) is 0 Å². The highest BCUT2D eigenvalue weighted by Crippen LogP contribution is 2.44. The van der Waals surface area contributed by atoms with Crippen LogP contribution in [-0.2, 0) is 0 Å². The highest BCUT2D eigenvalue weighted by Gasteiger charge is 2.34. The molecule has 0 saturated heterocycles. The molecule has 1 heteroatoms. The van der Waals surface area contributed by atoms with Gasteiger partial charge in [0, 0.05) is 0 Å². The van der Waals surface area contributed by atoms with Crippen LogP contribution in [0, 0.1) is 10.8 Å². The first kappa shape index (κ1) is 13.5. The van der Waals surface area contributed by atoms with Crippen LogP contribution in [0.4, 0.5) is 0 Å². The zero-order chi connectivity index (χ0) is 12.4. The molecule has 16 heavy (non-hydrogen) atoms. The zero-order valence-electron chi connectivity index (χ0n) is 11.7. The SMILES string of the molecule is CC(C)(C)C([SiH2]c1ccccc1)C(C)(C)C. The Hall–Kier alpha value is -0.563. The average Bonchev–Trinajstić information content (AvgIpc) is 2.12. The summed E-state index contributed by atoms with van der Waals surface area (Å²) in [6.07, 6.45) is 0. The molecule has 90 valence electrons. The summed E-state index contributed by atoms with van der Waals surface area (Å²) in [5.74, 6) is 0. The summed E-state index contributed by atoms with van der Waals surface area (Å²) in [5.41, 5.74) is 1.67. The van der Waals surface area contributed by atoms with Crippen molar-refractivity contribution in [1.29, 1.82) is 0 Å². The van der Waals surface area contributed by atoms with Gasteiger partial charge in [-0.2, -0.15) is 0 Å². The molecule has 0 aliphatic carbocycles. The van der Waals surface area contributed by atoms with E-state index in [2.05, 4.69) is 71.9 Å². The maximum atomic E-state index is 2.39. The monoisotopic (exact) mass is 234 g/mol. The van der Waals surface area contributed by atoms with Gasteiger partial charge in [0.25, 0.3) is 0 Å². The van der Waals surface area contributed by atoms with E-state index in [1.54, 1.807) is 5.19 Å². The lowest BCUT2D eigenvalue weighted by Crippen LogP contribution is -2.36. The molecule has 0 bridgehead atoms. The molecule has 1 aromatic rings. The molecular weight excluding hydrogens is 208 g/mol. The summed E-state index contributed by atoms with van der Waals surface area (Å²) < 4.78 is 0. The van der Waals surface area contributed by atoms with E-state index in [-0.39, 0.29) is 9.52 Å². The van der Waals surface area contributed by atoms with E-state index < -0.39 is 0 Å². The van der Waals surface area contributed by atoms with Crippen molar-refractivity contribution in [3.05, 3.63) is 30.3 Å². The standard InChI is InChI=1S/C15H26Si/c1-14(2,3)13(15(4,5)6)16-12-10-8-7-9-11-12/h7-11,13H,16H2,1-6H3. The minimum Gasteiger partial charge on any atom is -0.0666 e. The second-order valence-electron chi connectivity index (χ2n) is 6.97. The first-order valence-corrected chi connectivity index (χ1v) is 7.77. The third-order valence-corrected chi connectivity index (χ3v) is 7.17. The molecule has 0 heterocycles. The largest absolute Gasteiger partial charge is 0.0666 e. The molecule has 0 radical (unpaired) electrons. The lowest BCUT2D eigenvalue weighted by molar-refractivity contribution is 0.233. The van der Waals surface area contributed by atoms with Gasteiger partial charge in [0.1, 0.15) is 0 Å². The fraction of sp³-hybridized carbons (Fsp3) is 0.600. The van der Waals surface area contributed by atoms with Crippen LogP contribution in [0.1, 0.15) is 41.5 Å². The van der Waals surface area contributed by atoms with Crippen LogP contribution in [-0.4, -0.2) is 9.52 Å². The van der Waals surface area contributed by atoms with Crippen molar-refractivity contribution in [3.63, 3.8) is 0 Å². The Bertz CT molecular complexity index is 300. The highest BCUT2D eigenvalue weighted by atomic mass is 28.2. The van der Waals surface area contributed by atoms with Gasteiger partial charge in [0.15, 0.2) is 0 Å². The zero-order valence-corrected chi connectivity index (χ0v) is 13.1. The fourth-order valence-corrected chi connectivity index (χ4v) is 5.00. The first-order valence-electron chi connectivity index (χ1n) is 6.25. The molecule has 0 aromatic heterocycles. The van der Waals surface area contributed by atoms with Gasteiger partial charge in [-0.3, -0.25) is 0 Å². The first-order chi connectivity index (χ1) is 7.21. The quantitative estimate of drug-likeness (QED) is 0.688. The molecule has 0 N–H and O–H groups in total. The van der Waals surface area contributed by atoms with Gasteiger partial charge in [0.05, 0.1) is 9.52 Å². The predicted octanol–water partition coefficient (Wildman–Crippen LogP) is 3.36. The minimum absolute atomic E-state index is 0.206. The Morgan fingerprint density at radius 3 is 1.62 bits per heavy atom.